The van der Waals surface area contributed by atoms with Crippen LogP contribution in [-0.4, -0.2) is 30.6 Å². The molecule has 0 aliphatic rings. The molecule has 0 aliphatic heterocycles. The maximum absolute atomic E-state index is 11.1. The van der Waals surface area contributed by atoms with Crippen LogP contribution in [0, 0.1) is 22.0 Å². The molecule has 0 saturated carbocycles. The predicted octanol–water partition coefficient (Wildman–Crippen LogP) is 9.73. The molecule has 1 N–H and O–H groups in total. The number of rotatable bonds is 21. The molecule has 0 spiro atoms. The van der Waals surface area contributed by atoms with Gasteiger partial charge in [0.25, 0.3) is 5.69 Å². The Kier molecular flexibility index (Phi) is 16.5. The summed E-state index contributed by atoms with van der Waals surface area (Å²) in [6.07, 6.45) is 16.4. The van der Waals surface area contributed by atoms with E-state index >= 15 is 0 Å². The number of nitrogens with one attached hydrogen (secondary N) is 1. The van der Waals surface area contributed by atoms with Crippen molar-refractivity contribution in [2.24, 2.45) is 5.10 Å². The van der Waals surface area contributed by atoms with E-state index < -0.39 is 4.92 Å². The molecule has 0 unspecified atom stereocenters. The molecule has 0 aliphatic carbocycles. The second kappa shape index (κ2) is 21.2. The van der Waals surface area contributed by atoms with E-state index in [4.69, 9.17) is 9.47 Å². The zero-order valence-electron chi connectivity index (χ0n) is 27.3. The predicted molar refractivity (Wildman–Crippen MR) is 186 cm³/mol. The van der Waals surface area contributed by atoms with Gasteiger partial charge < -0.3 is 9.47 Å². The van der Waals surface area contributed by atoms with Gasteiger partial charge in [0.15, 0.2) is 0 Å². The van der Waals surface area contributed by atoms with Crippen LogP contribution >= 0.6 is 0 Å². The molecular formula is C38H47N3O5. The van der Waals surface area contributed by atoms with Crippen molar-refractivity contribution >= 4 is 23.9 Å². The van der Waals surface area contributed by atoms with Crippen molar-refractivity contribution in [3.05, 3.63) is 93.0 Å². The van der Waals surface area contributed by atoms with Crippen molar-refractivity contribution in [1.82, 2.24) is 0 Å². The fourth-order valence-electron chi connectivity index (χ4n) is 4.77. The fourth-order valence-corrected chi connectivity index (χ4v) is 4.77. The summed E-state index contributed by atoms with van der Waals surface area (Å²) in [5.74, 6) is 7.76. The van der Waals surface area contributed by atoms with Gasteiger partial charge in [-0.05, 0) is 43.2 Å². The van der Waals surface area contributed by atoms with Crippen molar-refractivity contribution in [3.8, 4) is 23.3 Å². The monoisotopic (exact) mass is 625 g/mol. The highest BCUT2D eigenvalue weighted by atomic mass is 16.6. The van der Waals surface area contributed by atoms with Gasteiger partial charge in [0.2, 0.25) is 0 Å². The highest BCUT2D eigenvalue weighted by Crippen LogP contribution is 2.29. The highest BCUT2D eigenvalue weighted by molar-refractivity contribution is 5.85. The summed E-state index contributed by atoms with van der Waals surface area (Å²) in [5.41, 5.74) is 6.43. The number of nitro groups is 1. The Bertz CT molecular complexity index is 1440. The largest absolute Gasteiger partial charge is 0.493 e. The summed E-state index contributed by atoms with van der Waals surface area (Å²) < 4.78 is 12.6. The summed E-state index contributed by atoms with van der Waals surface area (Å²) in [4.78, 5) is 21.6. The van der Waals surface area contributed by atoms with Crippen molar-refractivity contribution in [3.63, 3.8) is 0 Å². The summed E-state index contributed by atoms with van der Waals surface area (Å²) in [7, 11) is 0. The highest BCUT2D eigenvalue weighted by Gasteiger charge is 2.12. The van der Waals surface area contributed by atoms with Crippen LogP contribution in [0.3, 0.4) is 0 Å². The second-order valence-electron chi connectivity index (χ2n) is 11.3. The van der Waals surface area contributed by atoms with E-state index in [1.807, 2.05) is 24.3 Å². The van der Waals surface area contributed by atoms with Gasteiger partial charge in [-0.3, -0.25) is 20.3 Å². The number of anilines is 1. The summed E-state index contributed by atoms with van der Waals surface area (Å²) >= 11 is 0. The van der Waals surface area contributed by atoms with Crippen LogP contribution in [0.25, 0.3) is 0 Å². The molecule has 3 aromatic rings. The summed E-state index contributed by atoms with van der Waals surface area (Å²) in [6, 6.07) is 17.1. The quantitative estimate of drug-likeness (QED) is 0.0316. The number of nitro benzene ring substituents is 1. The Morgan fingerprint density at radius 2 is 1.35 bits per heavy atom. The number of unbranched alkanes of at least 4 members (excludes halogenated alkanes) is 10. The van der Waals surface area contributed by atoms with Crippen LogP contribution in [0.1, 0.15) is 118 Å². The number of benzene rings is 3. The lowest BCUT2D eigenvalue weighted by molar-refractivity contribution is -0.384. The van der Waals surface area contributed by atoms with Gasteiger partial charge in [0, 0.05) is 34.9 Å². The lowest BCUT2D eigenvalue weighted by atomic mass is 10.1. The molecule has 0 aromatic heterocycles. The molecule has 0 saturated heterocycles. The Morgan fingerprint density at radius 1 is 0.761 bits per heavy atom. The van der Waals surface area contributed by atoms with Crippen molar-refractivity contribution < 1.29 is 19.2 Å². The standard InChI is InChI=1S/C38H47N3O5/c1-3-5-7-9-11-13-25-45-37-28-34(29-39-40-35-21-23-36(24-22-35)41(43)44)38(46-26-14-12-10-8-6-4-2)27-33(37)20-19-31-15-17-32(30-42)18-16-31/h15-18,21-24,27-30,40H,3-14,25-26H2,1-2H3/b39-29+. The van der Waals surface area contributed by atoms with Crippen molar-refractivity contribution in [2.75, 3.05) is 18.6 Å². The van der Waals surface area contributed by atoms with Gasteiger partial charge in [-0.2, -0.15) is 5.10 Å². The molecule has 8 nitrogen and oxygen atoms in total. The molecule has 3 rings (SSSR count). The van der Waals surface area contributed by atoms with Crippen LogP contribution in [0.2, 0.25) is 0 Å². The minimum Gasteiger partial charge on any atom is -0.493 e. The van der Waals surface area contributed by atoms with Crippen LogP contribution in [0.5, 0.6) is 11.5 Å². The van der Waals surface area contributed by atoms with E-state index in [-0.39, 0.29) is 5.69 Å². The smallest absolute Gasteiger partial charge is 0.269 e. The Labute approximate surface area is 273 Å². The molecule has 0 fully saturated rings. The summed E-state index contributed by atoms with van der Waals surface area (Å²) in [5, 5.41) is 15.4. The number of ether oxygens (including phenoxy) is 2. The topological polar surface area (TPSA) is 103 Å². The number of carbonyl (C=O) groups is 1. The van der Waals surface area contributed by atoms with E-state index in [2.05, 4.69) is 36.2 Å². The normalized spacial score (nSPS) is 10.7. The molecule has 0 radical (unpaired) electrons. The third kappa shape index (κ3) is 13.2. The molecular weight excluding hydrogens is 578 g/mol. The number of nitrogens with zero attached hydrogens (tertiary/aromatic N) is 2. The number of hydrogen-bond donors (Lipinski definition) is 1. The Balaban J connectivity index is 1.85. The molecule has 0 bridgehead atoms. The fraction of sp³-hybridized carbons (Fsp3) is 0.421. The number of hydrogen-bond acceptors (Lipinski definition) is 7. The van der Waals surface area contributed by atoms with E-state index in [9.17, 15) is 14.9 Å². The lowest BCUT2D eigenvalue weighted by Crippen LogP contribution is -2.05. The van der Waals surface area contributed by atoms with Crippen LogP contribution in [0.4, 0.5) is 11.4 Å². The van der Waals surface area contributed by atoms with Gasteiger partial charge in [-0.15, -0.1) is 0 Å². The molecule has 0 heterocycles. The molecule has 0 amide bonds. The minimum atomic E-state index is -0.433. The van der Waals surface area contributed by atoms with Gasteiger partial charge in [-0.25, -0.2) is 0 Å². The molecule has 46 heavy (non-hydrogen) atoms. The van der Waals surface area contributed by atoms with Crippen molar-refractivity contribution in [2.45, 2.75) is 90.9 Å². The third-order valence-electron chi connectivity index (χ3n) is 7.49. The molecule has 8 heteroatoms. The first-order chi connectivity index (χ1) is 22.5. The lowest BCUT2D eigenvalue weighted by Gasteiger charge is -2.14. The summed E-state index contributed by atoms with van der Waals surface area (Å²) in [6.45, 7) is 5.57. The first kappa shape index (κ1) is 35.8. The SMILES string of the molecule is CCCCCCCCOc1cc(/C=N/Nc2ccc([N+](=O)[O-])cc2)c(OCCCCCCCC)cc1C#Cc1ccc(C=O)cc1. The Morgan fingerprint density at radius 3 is 1.93 bits per heavy atom. The maximum atomic E-state index is 11.1. The molecule has 3 aromatic carbocycles. The number of carbonyl (C=O) groups excluding carboxylic acids is 1. The molecule has 0 atom stereocenters. The van der Waals surface area contributed by atoms with Crippen LogP contribution in [-0.2, 0) is 0 Å². The number of aldehydes is 1. The zero-order valence-corrected chi connectivity index (χ0v) is 27.3. The average molecular weight is 626 g/mol. The Hall–Kier alpha value is -4.64. The second-order valence-corrected chi connectivity index (χ2v) is 11.3. The third-order valence-corrected chi connectivity index (χ3v) is 7.49. The maximum Gasteiger partial charge on any atom is 0.269 e. The molecule has 244 valence electrons. The van der Waals surface area contributed by atoms with Gasteiger partial charge in [0.1, 0.15) is 17.8 Å². The van der Waals surface area contributed by atoms with Crippen LogP contribution < -0.4 is 14.9 Å². The number of non-ortho nitro benzene ring substituents is 1. The van der Waals surface area contributed by atoms with Gasteiger partial charge in [-0.1, -0.05) is 102 Å². The van der Waals surface area contributed by atoms with E-state index in [0.717, 1.165) is 43.1 Å². The first-order valence-corrected chi connectivity index (χ1v) is 16.6. The first-order valence-electron chi connectivity index (χ1n) is 16.6. The van der Waals surface area contributed by atoms with Crippen molar-refractivity contribution in [1.29, 1.82) is 0 Å². The van der Waals surface area contributed by atoms with Crippen LogP contribution in [0.15, 0.2) is 65.8 Å². The van der Waals surface area contributed by atoms with E-state index in [0.29, 0.717) is 41.5 Å². The van der Waals surface area contributed by atoms with Gasteiger partial charge in [0.05, 0.1) is 35.6 Å². The number of hydrazone groups is 1. The minimum absolute atomic E-state index is 0.0171. The van der Waals surface area contributed by atoms with Gasteiger partial charge >= 0.3 is 0 Å². The van der Waals surface area contributed by atoms with E-state index in [1.54, 1.807) is 30.5 Å². The van der Waals surface area contributed by atoms with E-state index in [1.165, 1.54) is 63.5 Å². The average Bonchev–Trinajstić information content (AvgIpc) is 3.07. The zero-order chi connectivity index (χ0) is 32.8.